The second kappa shape index (κ2) is 6.61. The molecule has 0 unspecified atom stereocenters. The van der Waals surface area contributed by atoms with Crippen LogP contribution in [0.4, 0.5) is 5.69 Å². The summed E-state index contributed by atoms with van der Waals surface area (Å²) in [5.74, 6) is -0.247. The monoisotopic (exact) mass is 279 g/mol. The van der Waals surface area contributed by atoms with Crippen LogP contribution in [0.15, 0.2) is 59.7 Å². The van der Waals surface area contributed by atoms with Gasteiger partial charge in [-0.1, -0.05) is 48.0 Å². The minimum atomic E-state index is -0.247. The molecule has 0 fully saturated rings. The molecule has 0 amide bonds. The zero-order valence-electron chi connectivity index (χ0n) is 12.1. The van der Waals surface area contributed by atoms with Gasteiger partial charge in [-0.15, -0.1) is 0 Å². The summed E-state index contributed by atoms with van der Waals surface area (Å²) in [4.78, 5) is 11.7. The maximum Gasteiger partial charge on any atom is 0.182 e. The largest absolute Gasteiger partial charge is 0.298 e. The maximum absolute atomic E-state index is 11.7. The fourth-order valence-corrected chi connectivity index (χ4v) is 1.80. The zero-order valence-corrected chi connectivity index (χ0v) is 12.1. The van der Waals surface area contributed by atoms with Crippen LogP contribution < -0.4 is 5.43 Å². The molecule has 21 heavy (non-hydrogen) atoms. The van der Waals surface area contributed by atoms with Gasteiger partial charge in [0.15, 0.2) is 11.5 Å². The lowest BCUT2D eigenvalue weighted by Gasteiger charge is -2.07. The Balaban J connectivity index is 2.23. The lowest BCUT2D eigenvalue weighted by atomic mass is 10.0. The van der Waals surface area contributed by atoms with Gasteiger partial charge in [0.1, 0.15) is 0 Å². The maximum atomic E-state index is 11.7. The second-order valence-electron chi connectivity index (χ2n) is 4.74. The SMILES string of the molecule is CC(=O)/C(=N/Nc1ccc(C)cc1)C(=N)c1ccccc1. The molecule has 106 valence electrons. The van der Waals surface area contributed by atoms with Crippen LogP contribution in [-0.4, -0.2) is 17.2 Å². The number of carbonyl (C=O) groups is 1. The van der Waals surface area contributed by atoms with Crippen molar-refractivity contribution >= 4 is 22.9 Å². The van der Waals surface area contributed by atoms with Crippen LogP contribution in [0.25, 0.3) is 0 Å². The highest BCUT2D eigenvalue weighted by molar-refractivity contribution is 6.69. The first-order valence-corrected chi connectivity index (χ1v) is 6.63. The summed E-state index contributed by atoms with van der Waals surface area (Å²) in [7, 11) is 0. The second-order valence-corrected chi connectivity index (χ2v) is 4.74. The van der Waals surface area contributed by atoms with Gasteiger partial charge in [-0.05, 0) is 19.1 Å². The van der Waals surface area contributed by atoms with Crippen LogP contribution >= 0.6 is 0 Å². The molecule has 0 heterocycles. The molecule has 0 radical (unpaired) electrons. The Labute approximate surface area is 124 Å². The Hall–Kier alpha value is -2.75. The summed E-state index contributed by atoms with van der Waals surface area (Å²) in [5, 5.41) is 12.2. The number of anilines is 1. The fraction of sp³-hybridized carbons (Fsp3) is 0.118. The summed E-state index contributed by atoms with van der Waals surface area (Å²) in [6, 6.07) is 16.8. The van der Waals surface area contributed by atoms with Gasteiger partial charge in [0.05, 0.1) is 11.4 Å². The number of benzene rings is 2. The number of Topliss-reactive ketones (excluding diaryl/α,β-unsaturated/α-hetero) is 1. The first-order valence-electron chi connectivity index (χ1n) is 6.63. The number of rotatable bonds is 5. The topological polar surface area (TPSA) is 65.3 Å². The van der Waals surface area contributed by atoms with Crippen LogP contribution in [0.5, 0.6) is 0 Å². The number of carbonyl (C=O) groups excluding carboxylic acids is 1. The third-order valence-corrected chi connectivity index (χ3v) is 2.98. The van der Waals surface area contributed by atoms with Gasteiger partial charge in [-0.3, -0.25) is 15.6 Å². The predicted molar refractivity (Wildman–Crippen MR) is 86.2 cm³/mol. The van der Waals surface area contributed by atoms with Gasteiger partial charge in [-0.25, -0.2) is 0 Å². The Morgan fingerprint density at radius 1 is 1.05 bits per heavy atom. The van der Waals surface area contributed by atoms with Crippen LogP contribution in [0.2, 0.25) is 0 Å². The van der Waals surface area contributed by atoms with Crippen LogP contribution in [0.1, 0.15) is 18.1 Å². The number of nitrogens with one attached hydrogen (secondary N) is 2. The third kappa shape index (κ3) is 3.86. The van der Waals surface area contributed by atoms with Crippen molar-refractivity contribution in [2.75, 3.05) is 5.43 Å². The molecule has 0 spiro atoms. The lowest BCUT2D eigenvalue weighted by molar-refractivity contribution is -0.110. The summed E-state index contributed by atoms with van der Waals surface area (Å²) in [6.07, 6.45) is 0. The Kier molecular flexibility index (Phi) is 4.61. The zero-order chi connectivity index (χ0) is 15.2. The number of hydrazone groups is 1. The van der Waals surface area contributed by atoms with Crippen molar-refractivity contribution in [1.82, 2.24) is 0 Å². The standard InChI is InChI=1S/C17H17N3O/c1-12-8-10-15(11-9-12)19-20-17(13(2)21)16(18)14-6-4-3-5-7-14/h3-11,18-19H,1-2H3/b18-16?,20-17-. The van der Waals surface area contributed by atoms with Crippen LogP contribution in [0, 0.1) is 12.3 Å². The molecular weight excluding hydrogens is 262 g/mol. The molecule has 0 saturated heterocycles. The molecule has 0 aliphatic carbocycles. The molecule has 0 aromatic heterocycles. The van der Waals surface area contributed by atoms with Gasteiger partial charge in [0.2, 0.25) is 0 Å². The van der Waals surface area contributed by atoms with E-state index in [2.05, 4.69) is 10.5 Å². The quantitative estimate of drug-likeness (QED) is 0.650. The minimum Gasteiger partial charge on any atom is -0.298 e. The van der Waals surface area contributed by atoms with E-state index in [9.17, 15) is 4.79 Å². The van der Waals surface area contributed by atoms with Crippen molar-refractivity contribution in [3.8, 4) is 0 Å². The first-order chi connectivity index (χ1) is 10.1. The van der Waals surface area contributed by atoms with E-state index < -0.39 is 0 Å². The summed E-state index contributed by atoms with van der Waals surface area (Å²) >= 11 is 0. The van der Waals surface area contributed by atoms with Gasteiger partial charge in [0.25, 0.3) is 0 Å². The van der Waals surface area contributed by atoms with Crippen molar-refractivity contribution in [2.45, 2.75) is 13.8 Å². The Morgan fingerprint density at radius 3 is 2.24 bits per heavy atom. The van der Waals surface area contributed by atoms with Crippen LogP contribution in [-0.2, 0) is 4.79 Å². The van der Waals surface area contributed by atoms with Crippen molar-refractivity contribution < 1.29 is 4.79 Å². The molecular formula is C17H17N3O. The molecule has 0 bridgehead atoms. The molecule has 0 aliphatic rings. The van der Waals surface area contributed by atoms with E-state index in [-0.39, 0.29) is 17.2 Å². The van der Waals surface area contributed by atoms with Crippen molar-refractivity contribution in [1.29, 1.82) is 5.41 Å². The Bertz CT molecular complexity index is 673. The molecule has 0 saturated carbocycles. The molecule has 4 heteroatoms. The fourth-order valence-electron chi connectivity index (χ4n) is 1.80. The number of hydrogen-bond donors (Lipinski definition) is 2. The molecule has 4 nitrogen and oxygen atoms in total. The highest BCUT2D eigenvalue weighted by Gasteiger charge is 2.14. The summed E-state index contributed by atoms with van der Waals surface area (Å²) in [6.45, 7) is 3.41. The van der Waals surface area contributed by atoms with E-state index >= 15 is 0 Å². The number of ketones is 1. The minimum absolute atomic E-state index is 0.113. The molecule has 0 atom stereocenters. The highest BCUT2D eigenvalue weighted by atomic mass is 16.1. The predicted octanol–water partition coefficient (Wildman–Crippen LogP) is 3.42. The normalized spacial score (nSPS) is 11.0. The van der Waals surface area contributed by atoms with E-state index in [0.717, 1.165) is 11.3 Å². The number of hydrogen-bond acceptors (Lipinski definition) is 4. The first kappa shape index (κ1) is 14.7. The van der Waals surface area contributed by atoms with E-state index in [1.807, 2.05) is 49.4 Å². The average molecular weight is 279 g/mol. The lowest BCUT2D eigenvalue weighted by Crippen LogP contribution is -2.23. The van der Waals surface area contributed by atoms with E-state index in [0.29, 0.717) is 5.56 Å². The molecule has 0 aliphatic heterocycles. The van der Waals surface area contributed by atoms with Gasteiger partial charge >= 0.3 is 0 Å². The van der Waals surface area contributed by atoms with Crippen molar-refractivity contribution in [3.05, 3.63) is 65.7 Å². The smallest absolute Gasteiger partial charge is 0.182 e. The Morgan fingerprint density at radius 2 is 1.67 bits per heavy atom. The average Bonchev–Trinajstić information content (AvgIpc) is 2.49. The van der Waals surface area contributed by atoms with Crippen molar-refractivity contribution in [3.63, 3.8) is 0 Å². The van der Waals surface area contributed by atoms with Crippen molar-refractivity contribution in [2.24, 2.45) is 5.10 Å². The number of nitrogens with zero attached hydrogens (tertiary/aromatic N) is 1. The van der Waals surface area contributed by atoms with Crippen LogP contribution in [0.3, 0.4) is 0 Å². The summed E-state index contributed by atoms with van der Waals surface area (Å²) < 4.78 is 0. The van der Waals surface area contributed by atoms with Gasteiger partial charge in [-0.2, -0.15) is 5.10 Å². The molecule has 2 aromatic carbocycles. The molecule has 2 aromatic rings. The summed E-state index contributed by atoms with van der Waals surface area (Å²) in [5.41, 5.74) is 5.65. The third-order valence-electron chi connectivity index (χ3n) is 2.98. The molecule has 2 rings (SSSR count). The van der Waals surface area contributed by atoms with Gasteiger partial charge < -0.3 is 0 Å². The van der Waals surface area contributed by atoms with E-state index in [1.54, 1.807) is 12.1 Å². The van der Waals surface area contributed by atoms with E-state index in [1.165, 1.54) is 6.92 Å². The van der Waals surface area contributed by atoms with E-state index in [4.69, 9.17) is 5.41 Å². The van der Waals surface area contributed by atoms with Gasteiger partial charge in [0, 0.05) is 12.5 Å². The highest BCUT2D eigenvalue weighted by Crippen LogP contribution is 2.09. The molecule has 2 N–H and O–H groups in total. The number of aryl methyl sites for hydroxylation is 1.